The van der Waals surface area contributed by atoms with Gasteiger partial charge in [-0.1, -0.05) is 13.8 Å². The van der Waals surface area contributed by atoms with Crippen molar-refractivity contribution in [2.75, 3.05) is 21.3 Å². The summed E-state index contributed by atoms with van der Waals surface area (Å²) in [5, 5.41) is 13.7. The highest BCUT2D eigenvalue weighted by Gasteiger charge is 2.29. The molecule has 2 heterocycles. The Hall–Kier alpha value is -3.16. The van der Waals surface area contributed by atoms with Gasteiger partial charge in [-0.3, -0.25) is 9.36 Å². The molecule has 0 amide bonds. The van der Waals surface area contributed by atoms with E-state index < -0.39 is 0 Å². The van der Waals surface area contributed by atoms with E-state index in [4.69, 9.17) is 14.2 Å². The normalized spacial score (nSPS) is 11.2. The van der Waals surface area contributed by atoms with Gasteiger partial charge in [0, 0.05) is 36.7 Å². The Morgan fingerprint density at radius 2 is 1.79 bits per heavy atom. The van der Waals surface area contributed by atoms with E-state index >= 15 is 0 Å². The summed E-state index contributed by atoms with van der Waals surface area (Å²) in [6.45, 7) is 3.91. The summed E-state index contributed by atoms with van der Waals surface area (Å²) in [4.78, 5) is 16.1. The zero-order valence-corrected chi connectivity index (χ0v) is 17.0. The fraction of sp³-hybridized carbons (Fsp3) is 0.400. The Labute approximate surface area is 162 Å². The number of fused-ring (bicyclic) bond motifs is 1. The van der Waals surface area contributed by atoms with Crippen LogP contribution in [0.2, 0.25) is 0 Å². The van der Waals surface area contributed by atoms with Gasteiger partial charge in [0.15, 0.2) is 17.2 Å². The van der Waals surface area contributed by atoms with Gasteiger partial charge in [0.1, 0.15) is 0 Å². The first-order valence-corrected chi connectivity index (χ1v) is 8.96. The van der Waals surface area contributed by atoms with Crippen molar-refractivity contribution in [1.29, 1.82) is 0 Å². The van der Waals surface area contributed by atoms with Crippen LogP contribution in [-0.2, 0) is 13.5 Å². The first kappa shape index (κ1) is 19.6. The number of nitrogens with one attached hydrogen (secondary N) is 1. The molecule has 150 valence electrons. The van der Waals surface area contributed by atoms with E-state index in [0.717, 1.165) is 10.9 Å². The molecule has 0 spiro atoms. The Morgan fingerprint density at radius 1 is 1.14 bits per heavy atom. The zero-order chi connectivity index (χ0) is 20.6. The molecular formula is C20H25N3O5. The third-order valence-corrected chi connectivity index (χ3v) is 4.76. The maximum atomic E-state index is 12.9. The van der Waals surface area contributed by atoms with Gasteiger partial charge in [-0.05, 0) is 12.0 Å². The maximum Gasteiger partial charge on any atom is 0.404 e. The van der Waals surface area contributed by atoms with Gasteiger partial charge in [-0.15, -0.1) is 4.73 Å². The molecule has 0 aliphatic heterocycles. The van der Waals surface area contributed by atoms with Crippen LogP contribution in [0, 0.1) is 11.1 Å². The third-order valence-electron chi connectivity index (χ3n) is 4.76. The SMILES string of the molecule is COc1cc2[nH]cc(-c3c(OC)[n+]([O-])c(CC(C)C)c(=O)n3C)c2cc1OC. The van der Waals surface area contributed by atoms with Gasteiger partial charge in [0.05, 0.1) is 26.8 Å². The number of nitrogens with zero attached hydrogens (tertiary/aromatic N) is 2. The lowest BCUT2D eigenvalue weighted by Gasteiger charge is -2.16. The number of ether oxygens (including phenoxy) is 3. The summed E-state index contributed by atoms with van der Waals surface area (Å²) in [6, 6.07) is 3.61. The molecule has 0 radical (unpaired) electrons. The minimum Gasteiger partial charge on any atom is -0.616 e. The van der Waals surface area contributed by atoms with Gasteiger partial charge in [0.25, 0.3) is 5.69 Å². The van der Waals surface area contributed by atoms with Gasteiger partial charge in [-0.25, -0.2) is 0 Å². The minimum absolute atomic E-state index is 0.0773. The van der Waals surface area contributed by atoms with Gasteiger partial charge in [-0.2, -0.15) is 0 Å². The Bertz CT molecular complexity index is 1080. The Kier molecular flexibility index (Phi) is 5.22. The van der Waals surface area contributed by atoms with E-state index in [9.17, 15) is 10.0 Å². The first-order valence-electron chi connectivity index (χ1n) is 8.96. The Morgan fingerprint density at radius 3 is 2.36 bits per heavy atom. The highest BCUT2D eigenvalue weighted by molar-refractivity contribution is 5.97. The highest BCUT2D eigenvalue weighted by atomic mass is 16.5. The fourth-order valence-corrected chi connectivity index (χ4v) is 3.42. The van der Waals surface area contributed by atoms with E-state index in [-0.39, 0.29) is 23.1 Å². The monoisotopic (exact) mass is 387 g/mol. The lowest BCUT2D eigenvalue weighted by molar-refractivity contribution is -0.622. The fourth-order valence-electron chi connectivity index (χ4n) is 3.42. The van der Waals surface area contributed by atoms with E-state index in [1.165, 1.54) is 11.7 Å². The number of hydrogen-bond acceptors (Lipinski definition) is 5. The molecule has 0 saturated heterocycles. The maximum absolute atomic E-state index is 12.9. The lowest BCUT2D eigenvalue weighted by atomic mass is 10.1. The van der Waals surface area contributed by atoms with Crippen LogP contribution in [0.15, 0.2) is 23.1 Å². The molecule has 0 aliphatic carbocycles. The first-order chi connectivity index (χ1) is 13.3. The van der Waals surface area contributed by atoms with Crippen molar-refractivity contribution in [3.63, 3.8) is 0 Å². The molecule has 0 unspecified atom stereocenters. The number of aromatic nitrogens is 3. The number of rotatable bonds is 6. The van der Waals surface area contributed by atoms with E-state index in [2.05, 4.69) is 4.98 Å². The summed E-state index contributed by atoms with van der Waals surface area (Å²) >= 11 is 0. The van der Waals surface area contributed by atoms with Crippen LogP contribution in [0.25, 0.3) is 22.2 Å². The van der Waals surface area contributed by atoms with Crippen LogP contribution in [0.4, 0.5) is 0 Å². The van der Waals surface area contributed by atoms with Crippen molar-refractivity contribution >= 4 is 10.9 Å². The zero-order valence-electron chi connectivity index (χ0n) is 17.0. The van der Waals surface area contributed by atoms with Gasteiger partial charge >= 0.3 is 11.4 Å². The third kappa shape index (κ3) is 3.04. The van der Waals surface area contributed by atoms with Crippen LogP contribution >= 0.6 is 0 Å². The number of hydrogen-bond donors (Lipinski definition) is 1. The second kappa shape index (κ2) is 7.46. The smallest absolute Gasteiger partial charge is 0.404 e. The largest absolute Gasteiger partial charge is 0.616 e. The van der Waals surface area contributed by atoms with Gasteiger partial charge < -0.3 is 24.4 Å². The topological polar surface area (TPSA) is 92.4 Å². The minimum atomic E-state index is -0.339. The molecule has 3 aromatic rings. The predicted molar refractivity (Wildman–Crippen MR) is 106 cm³/mol. The standard InChI is InChI=1S/C20H25N3O5/c1-11(2)7-15-19(24)22(3)18(20(28-6)23(15)25)13-10-21-14-9-17(27-5)16(26-4)8-12(13)14/h8-11,21H,7H2,1-6H3. The molecule has 1 N–H and O–H groups in total. The second-order valence-corrected chi connectivity index (χ2v) is 7.02. The number of aromatic amines is 1. The molecule has 28 heavy (non-hydrogen) atoms. The molecular weight excluding hydrogens is 362 g/mol. The summed E-state index contributed by atoms with van der Waals surface area (Å²) < 4.78 is 18.2. The predicted octanol–water partition coefficient (Wildman–Crippen LogP) is 2.39. The summed E-state index contributed by atoms with van der Waals surface area (Å²) in [5.41, 5.74) is 1.67. The quantitative estimate of drug-likeness (QED) is 0.518. The van der Waals surface area contributed by atoms with Crippen LogP contribution in [0.5, 0.6) is 17.4 Å². The molecule has 3 rings (SSSR count). The molecule has 1 aromatic carbocycles. The van der Waals surface area contributed by atoms with Crippen molar-refractivity contribution < 1.29 is 18.9 Å². The van der Waals surface area contributed by atoms with Crippen molar-refractivity contribution in [3.8, 4) is 28.6 Å². The van der Waals surface area contributed by atoms with E-state index in [0.29, 0.717) is 33.9 Å². The second-order valence-electron chi connectivity index (χ2n) is 7.02. The summed E-state index contributed by atoms with van der Waals surface area (Å²) in [7, 11) is 6.19. The van der Waals surface area contributed by atoms with E-state index in [1.54, 1.807) is 39.6 Å². The van der Waals surface area contributed by atoms with Crippen molar-refractivity contribution in [3.05, 3.63) is 39.6 Å². The number of methoxy groups -OCH3 is 3. The average molecular weight is 387 g/mol. The van der Waals surface area contributed by atoms with Crippen molar-refractivity contribution in [2.24, 2.45) is 13.0 Å². The lowest BCUT2D eigenvalue weighted by Crippen LogP contribution is -2.44. The van der Waals surface area contributed by atoms with Gasteiger partial charge in [0.2, 0.25) is 0 Å². The Balaban J connectivity index is 2.34. The number of H-pyrrole nitrogens is 1. The molecule has 0 aliphatic rings. The van der Waals surface area contributed by atoms with Crippen molar-refractivity contribution in [2.45, 2.75) is 20.3 Å². The summed E-state index contributed by atoms with van der Waals surface area (Å²) in [5.74, 6) is 1.36. The molecule has 8 nitrogen and oxygen atoms in total. The molecule has 0 fully saturated rings. The van der Waals surface area contributed by atoms with Crippen LogP contribution < -0.4 is 24.5 Å². The highest BCUT2D eigenvalue weighted by Crippen LogP contribution is 2.38. The van der Waals surface area contributed by atoms with Crippen LogP contribution in [0.1, 0.15) is 19.5 Å². The average Bonchev–Trinajstić information content (AvgIpc) is 3.08. The number of benzene rings is 1. The molecule has 2 aromatic heterocycles. The molecule has 0 bridgehead atoms. The van der Waals surface area contributed by atoms with Crippen LogP contribution in [-0.4, -0.2) is 30.9 Å². The van der Waals surface area contributed by atoms with E-state index in [1.807, 2.05) is 13.8 Å². The summed E-state index contributed by atoms with van der Waals surface area (Å²) in [6.07, 6.45) is 2.11. The van der Waals surface area contributed by atoms with Crippen molar-refractivity contribution in [1.82, 2.24) is 9.55 Å². The molecule has 0 atom stereocenters. The molecule has 8 heteroatoms. The molecule has 0 saturated carbocycles. The van der Waals surface area contributed by atoms with Crippen LogP contribution in [0.3, 0.4) is 0 Å².